The number of fused-ring (bicyclic) bond motifs is 1. The van der Waals surface area contributed by atoms with E-state index in [4.69, 9.17) is 32.7 Å². The summed E-state index contributed by atoms with van der Waals surface area (Å²) in [5, 5.41) is 15.5. The average Bonchev–Trinajstić information content (AvgIpc) is 3.31. The first kappa shape index (κ1) is 31.0. The first-order valence-electron chi connectivity index (χ1n) is 13.0. The van der Waals surface area contributed by atoms with Crippen molar-refractivity contribution >= 4 is 69.9 Å². The van der Waals surface area contributed by atoms with Crippen molar-refractivity contribution in [2.45, 2.75) is 58.8 Å². The van der Waals surface area contributed by atoms with Gasteiger partial charge in [0.1, 0.15) is 11.2 Å². The van der Waals surface area contributed by atoms with Crippen LogP contribution in [0.25, 0.3) is 5.57 Å². The number of anilines is 3. The van der Waals surface area contributed by atoms with E-state index in [0.717, 1.165) is 10.0 Å². The Labute approximate surface area is 253 Å². The highest BCUT2D eigenvalue weighted by Crippen LogP contribution is 2.48. The Morgan fingerprint density at radius 1 is 0.976 bits per heavy atom. The van der Waals surface area contributed by atoms with E-state index in [1.807, 2.05) is 0 Å². The summed E-state index contributed by atoms with van der Waals surface area (Å²) >= 11 is 12.8. The normalized spacial score (nSPS) is 18.7. The molecule has 0 bridgehead atoms. The second kappa shape index (κ2) is 11.0. The Morgan fingerprint density at radius 3 is 2.12 bits per heavy atom. The number of carboxylic acid groups (broad SMARTS) is 1. The van der Waals surface area contributed by atoms with E-state index in [0.29, 0.717) is 22.0 Å². The van der Waals surface area contributed by atoms with Crippen LogP contribution in [-0.2, 0) is 19.1 Å². The molecule has 0 aliphatic carbocycles. The fourth-order valence-corrected chi connectivity index (χ4v) is 5.31. The zero-order chi connectivity index (χ0) is 31.3. The van der Waals surface area contributed by atoms with Gasteiger partial charge in [-0.15, -0.1) is 0 Å². The minimum Gasteiger partial charge on any atom is -0.479 e. The van der Waals surface area contributed by atoms with Crippen LogP contribution in [0.5, 0.6) is 0 Å². The van der Waals surface area contributed by atoms with Gasteiger partial charge in [-0.1, -0.05) is 23.2 Å². The van der Waals surface area contributed by atoms with Crippen molar-refractivity contribution in [3.8, 4) is 0 Å². The molecule has 1 saturated heterocycles. The van der Waals surface area contributed by atoms with Crippen LogP contribution >= 0.6 is 23.2 Å². The number of hydrogen-bond acceptors (Lipinski definition) is 7. The summed E-state index contributed by atoms with van der Waals surface area (Å²) in [6, 6.07) is 7.93. The summed E-state index contributed by atoms with van der Waals surface area (Å²) < 4.78 is 10.9. The summed E-state index contributed by atoms with van der Waals surface area (Å²) in [5.74, 6) is -1.85. The van der Waals surface area contributed by atoms with Crippen molar-refractivity contribution in [1.29, 1.82) is 0 Å². The van der Waals surface area contributed by atoms with Crippen LogP contribution in [0, 0.1) is 0 Å². The van der Waals surface area contributed by atoms with Crippen LogP contribution in [-0.4, -0.2) is 65.0 Å². The molecule has 2 aliphatic rings. The van der Waals surface area contributed by atoms with Gasteiger partial charge in [-0.05, 0) is 77.9 Å². The van der Waals surface area contributed by atoms with Crippen LogP contribution in [0.2, 0.25) is 10.0 Å². The molecule has 0 spiro atoms. The topological polar surface area (TPSA) is 129 Å². The van der Waals surface area contributed by atoms with Gasteiger partial charge >= 0.3 is 18.2 Å². The molecule has 4 rings (SSSR count). The monoisotopic (exact) mass is 618 g/mol. The number of hydrazine groups is 1. The summed E-state index contributed by atoms with van der Waals surface area (Å²) in [7, 11) is 1.57. The summed E-state index contributed by atoms with van der Waals surface area (Å²) in [4.78, 5) is 53.6. The van der Waals surface area contributed by atoms with E-state index in [9.17, 15) is 24.3 Å². The van der Waals surface area contributed by atoms with Crippen molar-refractivity contribution in [3.05, 3.63) is 57.6 Å². The van der Waals surface area contributed by atoms with Gasteiger partial charge in [0, 0.05) is 40.2 Å². The third kappa shape index (κ3) is 6.27. The lowest BCUT2D eigenvalue weighted by atomic mass is 9.96. The van der Waals surface area contributed by atoms with E-state index < -0.39 is 41.3 Å². The van der Waals surface area contributed by atoms with Crippen molar-refractivity contribution in [2.24, 2.45) is 0 Å². The second-order valence-corrected chi connectivity index (χ2v) is 12.7. The van der Waals surface area contributed by atoms with Crippen molar-refractivity contribution in [1.82, 2.24) is 5.01 Å². The molecule has 1 unspecified atom stereocenters. The Hall–Kier alpha value is -3.96. The quantitative estimate of drug-likeness (QED) is 0.389. The molecule has 13 heteroatoms. The lowest BCUT2D eigenvalue weighted by Crippen LogP contribution is -2.45. The van der Waals surface area contributed by atoms with Crippen LogP contribution in [0.15, 0.2) is 42.0 Å². The van der Waals surface area contributed by atoms with Crippen molar-refractivity contribution in [3.63, 3.8) is 0 Å². The predicted octanol–water partition coefficient (Wildman–Crippen LogP) is 6.20. The number of likely N-dealkylation sites (N-methyl/N-ethyl adjacent to an activating group) is 1. The van der Waals surface area contributed by atoms with Gasteiger partial charge in [-0.2, -0.15) is 0 Å². The smallest absolute Gasteiger partial charge is 0.430 e. The van der Waals surface area contributed by atoms with Gasteiger partial charge in [0.05, 0.1) is 17.3 Å². The minimum atomic E-state index is -1.27. The summed E-state index contributed by atoms with van der Waals surface area (Å²) in [6.45, 7) is 10.0. The van der Waals surface area contributed by atoms with Crippen molar-refractivity contribution < 1.29 is 33.8 Å². The molecule has 224 valence electrons. The zero-order valence-electron chi connectivity index (χ0n) is 24.2. The van der Waals surface area contributed by atoms with E-state index in [1.165, 1.54) is 23.1 Å². The first-order chi connectivity index (χ1) is 19.4. The van der Waals surface area contributed by atoms with Crippen LogP contribution in [0.4, 0.5) is 26.7 Å². The van der Waals surface area contributed by atoms with Crippen LogP contribution in [0.3, 0.4) is 0 Å². The number of carboxylic acids is 1. The Kier molecular flexibility index (Phi) is 8.14. The van der Waals surface area contributed by atoms with Gasteiger partial charge < -0.3 is 19.5 Å². The molecule has 0 radical (unpaired) electrons. The molecular weight excluding hydrogens is 587 g/mol. The Balaban J connectivity index is 1.81. The van der Waals surface area contributed by atoms with E-state index in [-0.39, 0.29) is 28.4 Å². The Bertz CT molecular complexity index is 1490. The number of benzene rings is 2. The Morgan fingerprint density at radius 2 is 1.57 bits per heavy atom. The highest BCUT2D eigenvalue weighted by Gasteiger charge is 2.47. The molecule has 2 heterocycles. The molecule has 3 amide bonds. The number of ether oxygens (including phenoxy) is 2. The number of halogens is 2. The van der Waals surface area contributed by atoms with Gasteiger partial charge in [0.25, 0.3) is 5.91 Å². The molecule has 2 N–H and O–H groups in total. The molecule has 11 nitrogen and oxygen atoms in total. The summed E-state index contributed by atoms with van der Waals surface area (Å²) in [6.07, 6.45) is -1.47. The first-order valence-corrected chi connectivity index (χ1v) is 13.8. The SMILES string of the molecule is CN1c2cc(Cl)cc(Cl)c2/C(=C2/CN(C(=O)OC(C)(C)C)N(c3ccc(NC(=O)OC(C)(C)C)cc3)C2=O)C1C(=O)O. The lowest BCUT2D eigenvalue weighted by Gasteiger charge is -2.30. The molecule has 1 fully saturated rings. The number of amides is 3. The van der Waals surface area contributed by atoms with Crippen LogP contribution < -0.4 is 15.2 Å². The molecule has 42 heavy (non-hydrogen) atoms. The van der Waals surface area contributed by atoms with Gasteiger partial charge in [-0.25, -0.2) is 24.4 Å². The fraction of sp³-hybridized carbons (Fsp3) is 0.379. The maximum atomic E-state index is 14.1. The van der Waals surface area contributed by atoms with E-state index >= 15 is 0 Å². The standard InChI is InChI=1S/C29H32Cl2N4O7/c1-28(2,3)41-26(39)32-16-8-10-17(11-9-16)35-24(36)18(14-34(35)27(40)42-29(4,5)6)21-22-19(31)12-15(30)13-20(22)33(7)23(21)25(37)38/h8-13,23H,14H2,1-7H3,(H,32,39)(H,37,38)/b21-18+. The van der Waals surface area contributed by atoms with Crippen molar-refractivity contribution in [2.75, 3.05) is 28.8 Å². The minimum absolute atomic E-state index is 0.0547. The number of nitrogens with one attached hydrogen (secondary N) is 1. The lowest BCUT2D eigenvalue weighted by molar-refractivity contribution is -0.137. The second-order valence-electron chi connectivity index (χ2n) is 11.9. The number of rotatable bonds is 3. The third-order valence-electron chi connectivity index (χ3n) is 6.26. The molecule has 0 saturated carbocycles. The molecular formula is C29H32Cl2N4O7. The zero-order valence-corrected chi connectivity index (χ0v) is 25.8. The molecule has 2 aromatic rings. The maximum absolute atomic E-state index is 14.1. The largest absolute Gasteiger partial charge is 0.479 e. The molecule has 2 aliphatic heterocycles. The highest BCUT2D eigenvalue weighted by molar-refractivity contribution is 6.37. The number of hydrogen-bond donors (Lipinski definition) is 2. The number of carbonyl (C=O) groups excluding carboxylic acids is 3. The number of carbonyl (C=O) groups is 4. The number of aliphatic carboxylic acids is 1. The number of nitrogens with zero attached hydrogens (tertiary/aromatic N) is 3. The maximum Gasteiger partial charge on any atom is 0.430 e. The average molecular weight is 620 g/mol. The molecule has 1 atom stereocenters. The highest BCUT2D eigenvalue weighted by atomic mass is 35.5. The molecule has 2 aromatic carbocycles. The molecule has 0 aromatic heterocycles. The van der Waals surface area contributed by atoms with Gasteiger partial charge in [0.15, 0.2) is 6.04 Å². The van der Waals surface area contributed by atoms with E-state index in [2.05, 4.69) is 5.32 Å². The van der Waals surface area contributed by atoms with Crippen LogP contribution in [0.1, 0.15) is 47.1 Å². The summed E-state index contributed by atoms with van der Waals surface area (Å²) in [5.41, 5.74) is 0.0907. The fourth-order valence-electron chi connectivity index (χ4n) is 4.73. The third-order valence-corrected chi connectivity index (χ3v) is 6.78. The predicted molar refractivity (Wildman–Crippen MR) is 160 cm³/mol. The van der Waals surface area contributed by atoms with Gasteiger partial charge in [-0.3, -0.25) is 10.1 Å². The van der Waals surface area contributed by atoms with Gasteiger partial charge in [0.2, 0.25) is 0 Å². The van der Waals surface area contributed by atoms with E-state index in [1.54, 1.807) is 66.8 Å².